The van der Waals surface area contributed by atoms with Gasteiger partial charge in [0, 0.05) is 38.5 Å². The molecule has 0 bridgehead atoms. The number of hydrogen-bond donors (Lipinski definition) is 2. The molecule has 1 saturated heterocycles. The first-order valence-electron chi connectivity index (χ1n) is 8.61. The fourth-order valence-electron chi connectivity index (χ4n) is 3.04. The van der Waals surface area contributed by atoms with Gasteiger partial charge in [-0.1, -0.05) is 12.1 Å². The van der Waals surface area contributed by atoms with E-state index in [2.05, 4.69) is 5.32 Å². The van der Waals surface area contributed by atoms with Crippen LogP contribution < -0.4 is 11.1 Å². The number of aryl methyl sites for hydroxylation is 1. The van der Waals surface area contributed by atoms with Gasteiger partial charge in [-0.25, -0.2) is 4.39 Å². The number of piperidine rings is 1. The van der Waals surface area contributed by atoms with Crippen molar-refractivity contribution in [2.24, 2.45) is 5.73 Å². The molecule has 1 aromatic rings. The van der Waals surface area contributed by atoms with E-state index in [1.807, 2.05) is 4.90 Å². The monoisotopic (exact) mass is 371 g/mol. The van der Waals surface area contributed by atoms with Gasteiger partial charge in [-0.3, -0.25) is 9.59 Å². The molecule has 140 valence electrons. The Morgan fingerprint density at radius 2 is 1.92 bits per heavy atom. The number of likely N-dealkylation sites (tertiary alicyclic amines) is 1. The molecule has 1 aliphatic heterocycles. The number of nitrogens with zero attached hydrogens (tertiary/aromatic N) is 1. The molecule has 3 N–H and O–H groups in total. The molecule has 0 spiro atoms. The fourth-order valence-corrected chi connectivity index (χ4v) is 3.04. The maximum Gasteiger partial charge on any atom is 0.223 e. The van der Waals surface area contributed by atoms with Crippen molar-refractivity contribution in [1.29, 1.82) is 0 Å². The highest BCUT2D eigenvalue weighted by Crippen LogP contribution is 2.18. The number of hydrogen-bond acceptors (Lipinski definition) is 3. The number of halogens is 2. The van der Waals surface area contributed by atoms with E-state index in [9.17, 15) is 14.0 Å². The summed E-state index contributed by atoms with van der Waals surface area (Å²) in [5.41, 5.74) is 6.32. The number of nitrogens with one attached hydrogen (secondary N) is 1. The number of rotatable bonds is 7. The molecule has 7 heteroatoms. The molecule has 2 rings (SSSR count). The van der Waals surface area contributed by atoms with Crippen molar-refractivity contribution in [3.05, 3.63) is 35.6 Å². The van der Waals surface area contributed by atoms with E-state index in [1.54, 1.807) is 12.1 Å². The first-order chi connectivity index (χ1) is 11.6. The zero-order valence-electron chi connectivity index (χ0n) is 14.4. The summed E-state index contributed by atoms with van der Waals surface area (Å²) in [5, 5.41) is 2.86. The van der Waals surface area contributed by atoms with Crippen LogP contribution in [0.1, 0.15) is 37.7 Å². The summed E-state index contributed by atoms with van der Waals surface area (Å²) in [6.07, 6.45) is 4.28. The van der Waals surface area contributed by atoms with E-state index < -0.39 is 0 Å². The van der Waals surface area contributed by atoms with Crippen LogP contribution >= 0.6 is 12.4 Å². The Balaban J connectivity index is 0.00000312. The predicted octanol–water partition coefficient (Wildman–Crippen LogP) is 2.03. The van der Waals surface area contributed by atoms with Gasteiger partial charge in [0.15, 0.2) is 0 Å². The van der Waals surface area contributed by atoms with Crippen LogP contribution in [-0.4, -0.2) is 42.4 Å². The number of benzene rings is 1. The molecule has 1 unspecified atom stereocenters. The van der Waals surface area contributed by atoms with Crippen LogP contribution in [-0.2, 0) is 16.0 Å². The lowest BCUT2D eigenvalue weighted by Gasteiger charge is -2.36. The number of amides is 2. The lowest BCUT2D eigenvalue weighted by atomic mass is 10.0. The third-order valence-corrected chi connectivity index (χ3v) is 4.39. The minimum absolute atomic E-state index is 0. The molecule has 0 aliphatic carbocycles. The molecule has 25 heavy (non-hydrogen) atoms. The molecule has 0 aromatic heterocycles. The first kappa shape index (κ1) is 21.4. The summed E-state index contributed by atoms with van der Waals surface area (Å²) >= 11 is 0. The van der Waals surface area contributed by atoms with Crippen molar-refractivity contribution in [2.75, 3.05) is 19.6 Å². The molecule has 1 aliphatic rings. The normalized spacial score (nSPS) is 16.9. The van der Waals surface area contributed by atoms with Crippen molar-refractivity contribution >= 4 is 24.2 Å². The molecule has 0 radical (unpaired) electrons. The largest absolute Gasteiger partial charge is 0.354 e. The van der Waals surface area contributed by atoms with Crippen LogP contribution in [0.15, 0.2) is 24.3 Å². The van der Waals surface area contributed by atoms with Crippen molar-refractivity contribution in [1.82, 2.24) is 10.2 Å². The van der Waals surface area contributed by atoms with Crippen molar-refractivity contribution in [2.45, 2.75) is 44.6 Å². The zero-order chi connectivity index (χ0) is 17.4. The lowest BCUT2D eigenvalue weighted by Crippen LogP contribution is -2.49. The quantitative estimate of drug-likeness (QED) is 0.770. The predicted molar refractivity (Wildman–Crippen MR) is 98.0 cm³/mol. The molecular formula is C18H27ClFN3O2. The van der Waals surface area contributed by atoms with Crippen LogP contribution in [0.4, 0.5) is 4.39 Å². The number of carbonyl (C=O) groups is 2. The van der Waals surface area contributed by atoms with E-state index in [4.69, 9.17) is 5.73 Å². The number of nitrogens with two attached hydrogens (primary N) is 1. The minimum atomic E-state index is -0.269. The Labute approximate surface area is 154 Å². The maximum atomic E-state index is 12.9. The molecule has 1 heterocycles. The summed E-state index contributed by atoms with van der Waals surface area (Å²) in [6, 6.07) is 6.31. The third kappa shape index (κ3) is 7.00. The minimum Gasteiger partial charge on any atom is -0.354 e. The van der Waals surface area contributed by atoms with Gasteiger partial charge < -0.3 is 16.0 Å². The standard InChI is InChI=1S/C18H26FN3O2.ClH/c19-15-7-4-14(5-8-15)6-9-18(24)22-12-2-1-3-16(22)13-21-17(23)10-11-20;/h4-5,7-8,16H,1-3,6,9-13,20H2,(H,21,23);1H. The summed E-state index contributed by atoms with van der Waals surface area (Å²) in [5.74, 6) is -0.242. The van der Waals surface area contributed by atoms with E-state index in [0.717, 1.165) is 31.4 Å². The maximum absolute atomic E-state index is 12.9. The van der Waals surface area contributed by atoms with Gasteiger partial charge in [-0.05, 0) is 43.4 Å². The van der Waals surface area contributed by atoms with Crippen molar-refractivity contribution in [3.63, 3.8) is 0 Å². The van der Waals surface area contributed by atoms with Gasteiger partial charge in [0.25, 0.3) is 0 Å². The highest BCUT2D eigenvalue weighted by Gasteiger charge is 2.26. The van der Waals surface area contributed by atoms with E-state index in [0.29, 0.717) is 32.4 Å². The highest BCUT2D eigenvalue weighted by molar-refractivity contribution is 5.85. The molecule has 5 nitrogen and oxygen atoms in total. The van der Waals surface area contributed by atoms with Crippen LogP contribution in [0.5, 0.6) is 0 Å². The van der Waals surface area contributed by atoms with Gasteiger partial charge in [0.1, 0.15) is 5.82 Å². The van der Waals surface area contributed by atoms with Gasteiger partial charge in [-0.15, -0.1) is 12.4 Å². The Morgan fingerprint density at radius 1 is 1.20 bits per heavy atom. The Morgan fingerprint density at radius 3 is 2.60 bits per heavy atom. The van der Waals surface area contributed by atoms with E-state index in [1.165, 1.54) is 12.1 Å². The fraction of sp³-hybridized carbons (Fsp3) is 0.556. The Bertz CT molecular complexity index is 554. The second-order valence-electron chi connectivity index (χ2n) is 6.21. The van der Waals surface area contributed by atoms with Crippen LogP contribution in [0.2, 0.25) is 0 Å². The summed E-state index contributed by atoms with van der Waals surface area (Å²) in [7, 11) is 0. The Hall–Kier alpha value is -1.66. The summed E-state index contributed by atoms with van der Waals surface area (Å²) in [6.45, 7) is 1.55. The lowest BCUT2D eigenvalue weighted by molar-refractivity contribution is -0.135. The first-order valence-corrected chi connectivity index (χ1v) is 8.61. The Kier molecular flexibility index (Phi) is 9.45. The second-order valence-corrected chi connectivity index (χ2v) is 6.21. The molecule has 0 saturated carbocycles. The second kappa shape index (κ2) is 11.1. The molecule has 2 amide bonds. The van der Waals surface area contributed by atoms with Crippen LogP contribution in [0.3, 0.4) is 0 Å². The molecule has 1 aromatic carbocycles. The van der Waals surface area contributed by atoms with Crippen LogP contribution in [0, 0.1) is 5.82 Å². The van der Waals surface area contributed by atoms with Crippen molar-refractivity contribution < 1.29 is 14.0 Å². The zero-order valence-corrected chi connectivity index (χ0v) is 15.2. The van der Waals surface area contributed by atoms with E-state index in [-0.39, 0.29) is 36.1 Å². The smallest absolute Gasteiger partial charge is 0.223 e. The molecular weight excluding hydrogens is 345 g/mol. The molecule has 1 fully saturated rings. The topological polar surface area (TPSA) is 75.4 Å². The summed E-state index contributed by atoms with van der Waals surface area (Å²) < 4.78 is 12.9. The summed E-state index contributed by atoms with van der Waals surface area (Å²) in [4.78, 5) is 26.0. The van der Waals surface area contributed by atoms with Crippen molar-refractivity contribution in [3.8, 4) is 0 Å². The average molecular weight is 372 g/mol. The SMILES string of the molecule is Cl.NCCC(=O)NCC1CCCCN1C(=O)CCc1ccc(F)cc1. The van der Waals surface area contributed by atoms with Gasteiger partial charge in [0.2, 0.25) is 11.8 Å². The average Bonchev–Trinajstić information content (AvgIpc) is 2.60. The third-order valence-electron chi connectivity index (χ3n) is 4.39. The van der Waals surface area contributed by atoms with Gasteiger partial charge in [0.05, 0.1) is 0 Å². The van der Waals surface area contributed by atoms with Gasteiger partial charge in [-0.2, -0.15) is 0 Å². The van der Waals surface area contributed by atoms with Crippen LogP contribution in [0.25, 0.3) is 0 Å². The number of carbonyl (C=O) groups excluding carboxylic acids is 2. The van der Waals surface area contributed by atoms with E-state index >= 15 is 0 Å². The molecule has 1 atom stereocenters. The van der Waals surface area contributed by atoms with Gasteiger partial charge >= 0.3 is 0 Å². The highest BCUT2D eigenvalue weighted by atomic mass is 35.5.